The van der Waals surface area contributed by atoms with E-state index in [0.29, 0.717) is 11.5 Å². The molecule has 0 radical (unpaired) electrons. The summed E-state index contributed by atoms with van der Waals surface area (Å²) in [6.07, 6.45) is -5.32. The van der Waals surface area contributed by atoms with Gasteiger partial charge in [-0.25, -0.2) is 0 Å². The highest BCUT2D eigenvalue weighted by molar-refractivity contribution is 6.00. The largest absolute Gasteiger partial charge is 0.573 e. The summed E-state index contributed by atoms with van der Waals surface area (Å²) in [5, 5.41) is 3.35. The SMILES string of the molecule is CC(C)(N[C@@H]1C[C@H](c2cccc(OC(F)(F)F)c2)N(c2ccc(C(F)(F)F)cc2)C1=O)c1ccc(C2CC2)nc1. The summed E-state index contributed by atoms with van der Waals surface area (Å²) in [6.45, 7) is 3.78. The van der Waals surface area contributed by atoms with Crippen LogP contribution in [0.5, 0.6) is 5.75 Å². The molecule has 5 rings (SSSR count). The number of carbonyl (C=O) groups excluding carboxylic acids is 1. The summed E-state index contributed by atoms with van der Waals surface area (Å²) in [6, 6.07) is 11.8. The van der Waals surface area contributed by atoms with Crippen molar-refractivity contribution in [3.8, 4) is 5.75 Å². The van der Waals surface area contributed by atoms with E-state index in [1.54, 1.807) is 12.3 Å². The van der Waals surface area contributed by atoms with Crippen LogP contribution in [0.2, 0.25) is 0 Å². The van der Waals surface area contributed by atoms with Crippen LogP contribution in [0.15, 0.2) is 66.9 Å². The predicted octanol–water partition coefficient (Wildman–Crippen LogP) is 7.25. The Labute approximate surface area is 227 Å². The van der Waals surface area contributed by atoms with E-state index < -0.39 is 47.4 Å². The van der Waals surface area contributed by atoms with Crippen LogP contribution in [0.1, 0.15) is 67.5 Å². The number of ether oxygens (including phenoxy) is 1. The number of hydrogen-bond acceptors (Lipinski definition) is 4. The number of amides is 1. The van der Waals surface area contributed by atoms with Crippen molar-refractivity contribution in [3.05, 3.63) is 89.2 Å². The fourth-order valence-electron chi connectivity index (χ4n) is 5.11. The van der Waals surface area contributed by atoms with Crippen molar-refractivity contribution in [1.29, 1.82) is 0 Å². The van der Waals surface area contributed by atoms with Gasteiger partial charge < -0.3 is 9.64 Å². The van der Waals surface area contributed by atoms with E-state index in [2.05, 4.69) is 15.0 Å². The molecule has 0 bridgehead atoms. The van der Waals surface area contributed by atoms with E-state index >= 15 is 0 Å². The van der Waals surface area contributed by atoms with Crippen LogP contribution in [-0.4, -0.2) is 23.3 Å². The van der Waals surface area contributed by atoms with Crippen LogP contribution in [0.3, 0.4) is 0 Å². The standard InChI is InChI=1S/C29H27F6N3O2/c1-27(2,20-10-13-23(36-16-20)17-6-7-17)37-24-15-25(18-4-3-5-22(14-18)40-29(33,34)35)38(26(24)39)21-11-8-19(9-12-21)28(30,31)32/h3-5,8-14,16-17,24-25,37H,6-7,15H2,1-2H3/t24-,25-/m1/s1. The van der Waals surface area contributed by atoms with Crippen LogP contribution >= 0.6 is 0 Å². The maximum Gasteiger partial charge on any atom is 0.573 e. The molecule has 1 N–H and O–H groups in total. The zero-order valence-corrected chi connectivity index (χ0v) is 21.7. The number of halogens is 6. The van der Waals surface area contributed by atoms with Crippen LogP contribution in [0, 0.1) is 0 Å². The smallest absolute Gasteiger partial charge is 0.406 e. The highest BCUT2D eigenvalue weighted by Crippen LogP contribution is 2.42. The Morgan fingerprint density at radius 1 is 0.925 bits per heavy atom. The van der Waals surface area contributed by atoms with Crippen molar-refractivity contribution in [2.24, 2.45) is 0 Å². The Hall–Kier alpha value is -3.60. The molecule has 3 aromatic rings. The van der Waals surface area contributed by atoms with Crippen LogP contribution in [-0.2, 0) is 16.5 Å². The molecule has 1 saturated heterocycles. The van der Waals surface area contributed by atoms with Crippen LogP contribution < -0.4 is 15.0 Å². The minimum Gasteiger partial charge on any atom is -0.406 e. The summed E-state index contributed by atoms with van der Waals surface area (Å²) >= 11 is 0. The highest BCUT2D eigenvalue weighted by atomic mass is 19.4. The van der Waals surface area contributed by atoms with Gasteiger partial charge in [0.15, 0.2) is 0 Å². The molecular formula is C29H27F6N3O2. The van der Waals surface area contributed by atoms with Gasteiger partial charge in [-0.1, -0.05) is 18.2 Å². The Bertz CT molecular complexity index is 1370. The van der Waals surface area contributed by atoms with E-state index in [4.69, 9.17) is 0 Å². The highest BCUT2D eigenvalue weighted by Gasteiger charge is 2.44. The van der Waals surface area contributed by atoms with Crippen molar-refractivity contribution < 1.29 is 35.9 Å². The number of aromatic nitrogens is 1. The third-order valence-electron chi connectivity index (χ3n) is 7.29. The Kier molecular flexibility index (Phi) is 7.06. The molecule has 0 unspecified atom stereocenters. The lowest BCUT2D eigenvalue weighted by atomic mass is 9.93. The van der Waals surface area contributed by atoms with E-state index in [9.17, 15) is 31.1 Å². The molecule has 1 aliphatic carbocycles. The number of nitrogens with zero attached hydrogens (tertiary/aromatic N) is 2. The number of rotatable bonds is 7. The maximum absolute atomic E-state index is 13.8. The Morgan fingerprint density at radius 2 is 1.60 bits per heavy atom. The van der Waals surface area contributed by atoms with Gasteiger partial charge in [-0.3, -0.25) is 15.1 Å². The van der Waals surface area contributed by atoms with E-state index in [1.165, 1.54) is 29.2 Å². The van der Waals surface area contributed by atoms with Gasteiger partial charge >= 0.3 is 12.5 Å². The van der Waals surface area contributed by atoms with Crippen LogP contribution in [0.4, 0.5) is 32.0 Å². The molecular weight excluding hydrogens is 536 g/mol. The molecule has 1 aromatic heterocycles. The zero-order valence-electron chi connectivity index (χ0n) is 21.7. The first-order chi connectivity index (χ1) is 18.7. The van der Waals surface area contributed by atoms with Crippen molar-refractivity contribution in [3.63, 3.8) is 0 Å². The average molecular weight is 564 g/mol. The summed E-state index contributed by atoms with van der Waals surface area (Å²) in [5.41, 5.74) is 0.825. The molecule has 2 aromatic carbocycles. The van der Waals surface area contributed by atoms with Crippen molar-refractivity contribution in [1.82, 2.24) is 10.3 Å². The van der Waals surface area contributed by atoms with Crippen LogP contribution in [0.25, 0.3) is 0 Å². The second-order valence-electron chi connectivity index (χ2n) is 10.7. The van der Waals surface area contributed by atoms with E-state index in [-0.39, 0.29) is 12.1 Å². The molecule has 212 valence electrons. The van der Waals surface area contributed by atoms with Gasteiger partial charge in [-0.2, -0.15) is 13.2 Å². The lowest BCUT2D eigenvalue weighted by Gasteiger charge is -2.30. The topological polar surface area (TPSA) is 54.5 Å². The van der Waals surface area contributed by atoms with Gasteiger partial charge in [-0.15, -0.1) is 13.2 Å². The molecule has 40 heavy (non-hydrogen) atoms. The number of pyridine rings is 1. The molecule has 1 aliphatic heterocycles. The fourth-order valence-corrected chi connectivity index (χ4v) is 5.11. The monoisotopic (exact) mass is 563 g/mol. The average Bonchev–Trinajstić information content (AvgIpc) is 3.67. The Morgan fingerprint density at radius 3 is 2.17 bits per heavy atom. The van der Waals surface area contributed by atoms with E-state index in [0.717, 1.165) is 42.3 Å². The first-order valence-corrected chi connectivity index (χ1v) is 12.8. The number of alkyl halides is 6. The number of carbonyl (C=O) groups is 1. The van der Waals surface area contributed by atoms with Crippen molar-refractivity contribution in [2.45, 2.75) is 69.2 Å². The van der Waals surface area contributed by atoms with Gasteiger partial charge in [-0.05, 0) is 86.7 Å². The molecule has 2 fully saturated rings. The number of benzene rings is 2. The third kappa shape index (κ3) is 6.09. The fraction of sp³-hybridized carbons (Fsp3) is 0.379. The lowest BCUT2D eigenvalue weighted by molar-refractivity contribution is -0.274. The maximum atomic E-state index is 13.8. The van der Waals surface area contributed by atoms with Gasteiger partial charge in [0.2, 0.25) is 5.91 Å². The predicted molar refractivity (Wildman–Crippen MR) is 136 cm³/mol. The molecule has 2 heterocycles. The minimum absolute atomic E-state index is 0.159. The number of nitrogens with one attached hydrogen (secondary N) is 1. The minimum atomic E-state index is -4.91. The summed E-state index contributed by atoms with van der Waals surface area (Å²) in [5.74, 6) is -0.386. The lowest BCUT2D eigenvalue weighted by Crippen LogP contribution is -2.47. The van der Waals surface area contributed by atoms with E-state index in [1.807, 2.05) is 26.0 Å². The molecule has 2 aliphatic rings. The van der Waals surface area contributed by atoms with Gasteiger partial charge in [0.05, 0.1) is 17.6 Å². The summed E-state index contributed by atoms with van der Waals surface area (Å²) in [7, 11) is 0. The van der Waals surface area contributed by atoms with Gasteiger partial charge in [0.25, 0.3) is 0 Å². The second-order valence-corrected chi connectivity index (χ2v) is 10.7. The summed E-state index contributed by atoms with van der Waals surface area (Å²) < 4.78 is 82.2. The van der Waals surface area contributed by atoms with Gasteiger partial charge in [0.1, 0.15) is 5.75 Å². The molecule has 1 amide bonds. The molecule has 0 spiro atoms. The zero-order chi connectivity index (χ0) is 28.9. The summed E-state index contributed by atoms with van der Waals surface area (Å²) in [4.78, 5) is 19.6. The second kappa shape index (κ2) is 10.1. The van der Waals surface area contributed by atoms with Gasteiger partial charge in [0, 0.05) is 29.0 Å². The van der Waals surface area contributed by atoms with Crippen molar-refractivity contribution >= 4 is 11.6 Å². The normalized spacial score (nSPS) is 20.2. The molecule has 11 heteroatoms. The van der Waals surface area contributed by atoms with Crippen molar-refractivity contribution in [2.75, 3.05) is 4.90 Å². The molecule has 2 atom stereocenters. The number of anilines is 1. The Balaban J connectivity index is 1.46. The quantitative estimate of drug-likeness (QED) is 0.308. The molecule has 1 saturated carbocycles. The third-order valence-corrected chi connectivity index (χ3v) is 7.29. The molecule has 5 nitrogen and oxygen atoms in total. The number of hydrogen-bond donors (Lipinski definition) is 1. The first kappa shape index (κ1) is 27.9. The first-order valence-electron chi connectivity index (χ1n) is 12.8.